The Morgan fingerprint density at radius 1 is 1.07 bits per heavy atom. The zero-order chi connectivity index (χ0) is 20.4. The molecule has 2 aliphatic rings. The van der Waals surface area contributed by atoms with Gasteiger partial charge in [0.05, 0.1) is 0 Å². The van der Waals surface area contributed by atoms with E-state index in [0.29, 0.717) is 30.3 Å². The Morgan fingerprint density at radius 2 is 1.72 bits per heavy atom. The van der Waals surface area contributed by atoms with E-state index in [0.717, 1.165) is 42.6 Å². The van der Waals surface area contributed by atoms with E-state index in [1.54, 1.807) is 29.2 Å². The SMILES string of the molecule is CSc1ccc(-c2ccc(C(=O)N(C3CC3)C3CCN(C=O)CC3)cc2)c(F)c1. The normalized spacial score (nSPS) is 17.2. The third-order valence-corrected chi connectivity index (χ3v) is 6.56. The highest BCUT2D eigenvalue weighted by atomic mass is 32.2. The van der Waals surface area contributed by atoms with Gasteiger partial charge in [-0.2, -0.15) is 0 Å². The molecule has 1 saturated heterocycles. The molecular formula is C23H25FN2O2S. The van der Waals surface area contributed by atoms with Gasteiger partial charge in [-0.15, -0.1) is 11.8 Å². The van der Waals surface area contributed by atoms with Crippen LogP contribution in [0.25, 0.3) is 11.1 Å². The summed E-state index contributed by atoms with van der Waals surface area (Å²) in [7, 11) is 0. The van der Waals surface area contributed by atoms with Crippen LogP contribution in [0.2, 0.25) is 0 Å². The Bertz CT molecular complexity index is 890. The van der Waals surface area contributed by atoms with Crippen LogP contribution in [0.3, 0.4) is 0 Å². The number of hydrogen-bond acceptors (Lipinski definition) is 3. The minimum Gasteiger partial charge on any atom is -0.345 e. The fraction of sp³-hybridized carbons (Fsp3) is 0.391. The van der Waals surface area contributed by atoms with Crippen LogP contribution in [0.1, 0.15) is 36.0 Å². The lowest BCUT2D eigenvalue weighted by atomic mass is 10.00. The van der Waals surface area contributed by atoms with Crippen molar-refractivity contribution in [3.05, 3.63) is 53.8 Å². The number of nitrogens with zero attached hydrogens (tertiary/aromatic N) is 2. The number of halogens is 1. The molecule has 152 valence electrons. The fourth-order valence-electron chi connectivity index (χ4n) is 4.05. The summed E-state index contributed by atoms with van der Waals surface area (Å²) in [4.78, 5) is 28.9. The van der Waals surface area contributed by atoms with Crippen LogP contribution < -0.4 is 0 Å². The smallest absolute Gasteiger partial charge is 0.254 e. The summed E-state index contributed by atoms with van der Waals surface area (Å²) in [5.41, 5.74) is 1.95. The molecule has 2 aromatic rings. The van der Waals surface area contributed by atoms with Crippen molar-refractivity contribution in [1.29, 1.82) is 0 Å². The van der Waals surface area contributed by atoms with Gasteiger partial charge in [-0.25, -0.2) is 4.39 Å². The number of rotatable bonds is 6. The monoisotopic (exact) mass is 412 g/mol. The first kappa shape index (κ1) is 20.0. The first-order valence-electron chi connectivity index (χ1n) is 10.1. The zero-order valence-corrected chi connectivity index (χ0v) is 17.3. The van der Waals surface area contributed by atoms with Crippen molar-refractivity contribution >= 4 is 24.1 Å². The van der Waals surface area contributed by atoms with Crippen LogP contribution in [0, 0.1) is 5.82 Å². The summed E-state index contributed by atoms with van der Waals surface area (Å²) in [6.07, 6.45) is 6.56. The van der Waals surface area contributed by atoms with Crippen molar-refractivity contribution in [3.8, 4) is 11.1 Å². The number of hydrogen-bond donors (Lipinski definition) is 0. The Hall–Kier alpha value is -2.34. The topological polar surface area (TPSA) is 40.6 Å². The Kier molecular flexibility index (Phi) is 5.90. The molecule has 1 aliphatic heterocycles. The maximum absolute atomic E-state index is 14.4. The van der Waals surface area contributed by atoms with Gasteiger partial charge in [-0.1, -0.05) is 18.2 Å². The first-order chi connectivity index (χ1) is 14.1. The minimum absolute atomic E-state index is 0.0433. The van der Waals surface area contributed by atoms with Gasteiger partial charge in [0.2, 0.25) is 6.41 Å². The van der Waals surface area contributed by atoms with Gasteiger partial charge in [0.1, 0.15) is 5.82 Å². The summed E-state index contributed by atoms with van der Waals surface area (Å²) in [6, 6.07) is 13.0. The maximum atomic E-state index is 14.4. The predicted molar refractivity (Wildman–Crippen MR) is 113 cm³/mol. The van der Waals surface area contributed by atoms with E-state index in [1.165, 1.54) is 11.8 Å². The third-order valence-electron chi connectivity index (χ3n) is 5.84. The highest BCUT2D eigenvalue weighted by Gasteiger charge is 2.38. The number of benzene rings is 2. The molecule has 4 nitrogen and oxygen atoms in total. The molecule has 29 heavy (non-hydrogen) atoms. The molecule has 6 heteroatoms. The van der Waals surface area contributed by atoms with E-state index in [1.807, 2.05) is 29.4 Å². The molecule has 2 fully saturated rings. The van der Waals surface area contributed by atoms with Gasteiger partial charge >= 0.3 is 0 Å². The molecule has 0 aromatic heterocycles. The van der Waals surface area contributed by atoms with Crippen molar-refractivity contribution in [3.63, 3.8) is 0 Å². The van der Waals surface area contributed by atoms with Gasteiger partial charge in [-0.05, 0) is 61.8 Å². The molecule has 0 spiro atoms. The van der Waals surface area contributed by atoms with Crippen LogP contribution in [0.5, 0.6) is 0 Å². The van der Waals surface area contributed by atoms with Crippen LogP contribution in [-0.4, -0.2) is 53.5 Å². The van der Waals surface area contributed by atoms with E-state index in [9.17, 15) is 14.0 Å². The molecule has 0 bridgehead atoms. The van der Waals surface area contributed by atoms with Crippen molar-refractivity contribution in [2.45, 2.75) is 42.7 Å². The predicted octanol–water partition coefficient (Wildman–Crippen LogP) is 4.44. The lowest BCUT2D eigenvalue weighted by Crippen LogP contribution is -2.48. The van der Waals surface area contributed by atoms with Gasteiger partial charge in [0.25, 0.3) is 5.91 Å². The molecule has 2 amide bonds. The molecule has 2 aromatic carbocycles. The average Bonchev–Trinajstić information content (AvgIpc) is 3.59. The van der Waals surface area contributed by atoms with Crippen LogP contribution in [0.15, 0.2) is 47.4 Å². The molecule has 1 saturated carbocycles. The summed E-state index contributed by atoms with van der Waals surface area (Å²) in [5.74, 6) is -0.209. The second-order valence-corrected chi connectivity index (χ2v) is 8.62. The van der Waals surface area contributed by atoms with Crippen molar-refractivity contribution in [2.24, 2.45) is 0 Å². The summed E-state index contributed by atoms with van der Waals surface area (Å²) >= 11 is 1.51. The minimum atomic E-state index is -0.252. The second kappa shape index (κ2) is 8.57. The molecule has 1 heterocycles. The standard InChI is InChI=1S/C23H25FN2O2S/c1-29-20-8-9-21(22(24)14-20)16-2-4-17(5-3-16)23(28)26(18-6-7-18)19-10-12-25(15-27)13-11-19/h2-5,8-9,14-15,18-19H,6-7,10-13H2,1H3. The molecule has 1 aliphatic carbocycles. The molecule has 0 atom stereocenters. The lowest BCUT2D eigenvalue weighted by Gasteiger charge is -2.37. The number of carbonyl (C=O) groups excluding carboxylic acids is 2. The van der Waals surface area contributed by atoms with E-state index < -0.39 is 0 Å². The number of likely N-dealkylation sites (tertiary alicyclic amines) is 1. The van der Waals surface area contributed by atoms with Crippen LogP contribution in [-0.2, 0) is 4.79 Å². The maximum Gasteiger partial charge on any atom is 0.254 e. The zero-order valence-electron chi connectivity index (χ0n) is 16.5. The van der Waals surface area contributed by atoms with Crippen molar-refractivity contribution < 1.29 is 14.0 Å². The summed E-state index contributed by atoms with van der Waals surface area (Å²) < 4.78 is 14.4. The number of amides is 2. The highest BCUT2D eigenvalue weighted by molar-refractivity contribution is 7.98. The van der Waals surface area contributed by atoms with Gasteiger partial charge in [0, 0.05) is 41.2 Å². The van der Waals surface area contributed by atoms with Crippen molar-refractivity contribution in [2.75, 3.05) is 19.3 Å². The van der Waals surface area contributed by atoms with E-state index >= 15 is 0 Å². The second-order valence-electron chi connectivity index (χ2n) is 7.74. The number of piperidine rings is 1. The first-order valence-corrected chi connectivity index (χ1v) is 11.3. The fourth-order valence-corrected chi connectivity index (χ4v) is 4.48. The van der Waals surface area contributed by atoms with Crippen molar-refractivity contribution in [1.82, 2.24) is 9.80 Å². The van der Waals surface area contributed by atoms with Crippen LogP contribution in [0.4, 0.5) is 4.39 Å². The molecule has 0 radical (unpaired) electrons. The summed E-state index contributed by atoms with van der Waals surface area (Å²) in [5, 5.41) is 0. The van der Waals surface area contributed by atoms with Gasteiger partial charge in [0.15, 0.2) is 0 Å². The highest BCUT2D eigenvalue weighted by Crippen LogP contribution is 2.34. The summed E-state index contributed by atoms with van der Waals surface area (Å²) in [6.45, 7) is 1.41. The van der Waals surface area contributed by atoms with E-state index in [4.69, 9.17) is 0 Å². The molecule has 0 unspecified atom stereocenters. The quantitative estimate of drug-likeness (QED) is 0.520. The van der Waals surface area contributed by atoms with E-state index in [2.05, 4.69) is 0 Å². The number of carbonyl (C=O) groups is 2. The molecular weight excluding hydrogens is 387 g/mol. The largest absolute Gasteiger partial charge is 0.345 e. The average molecular weight is 413 g/mol. The van der Waals surface area contributed by atoms with E-state index in [-0.39, 0.29) is 17.8 Å². The van der Waals surface area contributed by atoms with Gasteiger partial charge in [-0.3, -0.25) is 9.59 Å². The Balaban J connectivity index is 1.51. The molecule has 0 N–H and O–H groups in total. The lowest BCUT2D eigenvalue weighted by molar-refractivity contribution is -0.119. The number of thioether (sulfide) groups is 1. The van der Waals surface area contributed by atoms with Crippen LogP contribution >= 0.6 is 11.8 Å². The molecule has 4 rings (SSSR count). The van der Waals surface area contributed by atoms with Gasteiger partial charge < -0.3 is 9.80 Å². The Labute approximate surface area is 175 Å². The Morgan fingerprint density at radius 3 is 2.28 bits per heavy atom. The third kappa shape index (κ3) is 4.32.